The quantitative estimate of drug-likeness (QED) is 0.0198. The summed E-state index contributed by atoms with van der Waals surface area (Å²) in [5.41, 5.74) is 0. The molecule has 0 bridgehead atoms. The molecule has 0 aromatic heterocycles. The smallest absolute Gasteiger partial charge is 0.305 e. The van der Waals surface area contributed by atoms with Gasteiger partial charge in [0.05, 0.1) is 21.1 Å². The van der Waals surface area contributed by atoms with Crippen LogP contribution in [-0.4, -0.2) is 70.0 Å². The van der Waals surface area contributed by atoms with Gasteiger partial charge in [-0.3, -0.25) is 14.2 Å². The lowest BCUT2D eigenvalue weighted by Crippen LogP contribution is -2.38. The molecule has 318 valence electrons. The number of hydrogen-bond acceptors (Lipinski definition) is 8. The van der Waals surface area contributed by atoms with Gasteiger partial charge in [-0.15, -0.1) is 0 Å². The van der Waals surface area contributed by atoms with Gasteiger partial charge in [-0.25, -0.2) is 0 Å². The molecule has 0 saturated heterocycles. The number of carbonyl (C=O) groups excluding carboxylic acids is 2. The van der Waals surface area contributed by atoms with Crippen LogP contribution in [0.5, 0.6) is 0 Å². The fourth-order valence-corrected chi connectivity index (χ4v) is 6.80. The zero-order chi connectivity index (χ0) is 40.0. The van der Waals surface area contributed by atoms with Crippen LogP contribution in [0.4, 0.5) is 0 Å². The third-order valence-corrected chi connectivity index (χ3v) is 10.5. The minimum absolute atomic E-state index is 0.0540. The van der Waals surface area contributed by atoms with E-state index < -0.39 is 25.9 Å². The summed E-state index contributed by atoms with van der Waals surface area (Å²) in [6.07, 6.45) is 39.0. The molecule has 1 atom stereocenters. The Kier molecular flexibility index (Phi) is 36.1. The molecule has 54 heavy (non-hydrogen) atoms. The number of likely N-dealkylation sites (N-methyl/N-ethyl adjacent to an activating group) is 1. The summed E-state index contributed by atoms with van der Waals surface area (Å²) in [5, 5.41) is 0. The summed E-state index contributed by atoms with van der Waals surface area (Å²) < 4.78 is 34.1. The number of unbranched alkanes of at least 4 members (excludes halogenated alkanes) is 22. The Morgan fingerprint density at radius 2 is 0.889 bits per heavy atom. The standard InChI is InChI=1S/C44H84NO8P/c1-6-8-10-12-14-16-18-20-22-24-26-28-30-32-34-36-43(46)50-40-42(53-54(48,49)52-39-38-45(3,4)5)41-51-44(47)37-35-33-31-29-27-25-23-21-19-17-15-13-11-9-7-2/h20-23,42H,6-19,24-41H2,1-5H3/b22-20-,23-21-. The van der Waals surface area contributed by atoms with Crippen molar-refractivity contribution < 1.29 is 42.1 Å². The summed E-state index contributed by atoms with van der Waals surface area (Å²) in [7, 11) is 1.06. The maximum atomic E-state index is 12.6. The maximum absolute atomic E-state index is 12.6. The van der Waals surface area contributed by atoms with Crippen molar-refractivity contribution in [3.8, 4) is 0 Å². The molecule has 10 heteroatoms. The van der Waals surface area contributed by atoms with Crippen molar-refractivity contribution in [2.45, 2.75) is 200 Å². The van der Waals surface area contributed by atoms with E-state index in [2.05, 4.69) is 38.2 Å². The van der Waals surface area contributed by atoms with E-state index in [0.29, 0.717) is 23.9 Å². The van der Waals surface area contributed by atoms with Crippen LogP contribution in [0, 0.1) is 0 Å². The van der Waals surface area contributed by atoms with Crippen molar-refractivity contribution in [1.82, 2.24) is 0 Å². The van der Waals surface area contributed by atoms with E-state index in [1.165, 1.54) is 89.9 Å². The Morgan fingerprint density at radius 1 is 0.556 bits per heavy atom. The number of allylic oxidation sites excluding steroid dienone is 4. The zero-order valence-corrected chi connectivity index (χ0v) is 36.6. The minimum atomic E-state index is -4.71. The Hall–Kier alpha value is -1.51. The number of nitrogens with zero attached hydrogens (tertiary/aromatic N) is 1. The SMILES string of the molecule is CCCCCCCC/C=C\CCCCCCCC(=O)OCC(COC(=O)CCCCCCC/C=C\CCCCCCCC)OP(=O)([O-])OCC[N+](C)(C)C. The van der Waals surface area contributed by atoms with Crippen LogP contribution in [0.3, 0.4) is 0 Å². The van der Waals surface area contributed by atoms with Crippen molar-refractivity contribution in [1.29, 1.82) is 0 Å². The van der Waals surface area contributed by atoms with Crippen LogP contribution in [-0.2, 0) is 32.7 Å². The molecular weight excluding hydrogens is 701 g/mol. The van der Waals surface area contributed by atoms with Gasteiger partial charge < -0.3 is 27.9 Å². The van der Waals surface area contributed by atoms with E-state index in [1.54, 1.807) is 0 Å². The highest BCUT2D eigenvalue weighted by Gasteiger charge is 2.23. The van der Waals surface area contributed by atoms with E-state index in [1.807, 2.05) is 21.1 Å². The number of phosphoric ester groups is 1. The van der Waals surface area contributed by atoms with E-state index in [0.717, 1.165) is 64.2 Å². The van der Waals surface area contributed by atoms with Gasteiger partial charge in [-0.2, -0.15) is 0 Å². The molecule has 0 aromatic carbocycles. The highest BCUT2D eigenvalue weighted by atomic mass is 31.2. The first-order valence-corrected chi connectivity index (χ1v) is 23.5. The predicted octanol–water partition coefficient (Wildman–Crippen LogP) is 11.7. The van der Waals surface area contributed by atoms with Crippen LogP contribution in [0.2, 0.25) is 0 Å². The molecule has 0 aliphatic heterocycles. The molecule has 0 heterocycles. The van der Waals surface area contributed by atoms with Crippen molar-refractivity contribution >= 4 is 19.8 Å². The van der Waals surface area contributed by atoms with Gasteiger partial charge >= 0.3 is 11.9 Å². The Balaban J connectivity index is 4.34. The van der Waals surface area contributed by atoms with E-state index in [4.69, 9.17) is 18.5 Å². The molecule has 0 rings (SSSR count). The average molecular weight is 786 g/mol. The Labute approximate surface area is 332 Å². The normalized spacial score (nSPS) is 13.3. The molecule has 0 radical (unpaired) electrons. The van der Waals surface area contributed by atoms with Gasteiger partial charge in [0.2, 0.25) is 0 Å². The molecule has 0 amide bonds. The highest BCUT2D eigenvalue weighted by Crippen LogP contribution is 2.40. The molecule has 0 fully saturated rings. The number of quaternary nitrogens is 1. The molecule has 0 N–H and O–H groups in total. The molecule has 9 nitrogen and oxygen atoms in total. The highest BCUT2D eigenvalue weighted by molar-refractivity contribution is 7.45. The first-order chi connectivity index (χ1) is 26.0. The second-order valence-electron chi connectivity index (χ2n) is 16.1. The Bertz CT molecular complexity index is 924. The van der Waals surface area contributed by atoms with E-state index in [-0.39, 0.29) is 32.7 Å². The molecule has 0 aromatic rings. The first kappa shape index (κ1) is 52.5. The van der Waals surface area contributed by atoms with Crippen LogP contribution in [0.25, 0.3) is 0 Å². The second kappa shape index (κ2) is 37.1. The third-order valence-electron chi connectivity index (χ3n) is 9.44. The van der Waals surface area contributed by atoms with Gasteiger partial charge in [0.1, 0.15) is 32.5 Å². The van der Waals surface area contributed by atoms with Crippen LogP contribution in [0.15, 0.2) is 24.3 Å². The van der Waals surface area contributed by atoms with Gasteiger partial charge in [0.15, 0.2) is 0 Å². The predicted molar refractivity (Wildman–Crippen MR) is 222 cm³/mol. The van der Waals surface area contributed by atoms with Gasteiger partial charge in [0.25, 0.3) is 7.82 Å². The molecule has 1 unspecified atom stereocenters. The molecule has 0 aliphatic carbocycles. The lowest BCUT2D eigenvalue weighted by Gasteiger charge is -2.29. The van der Waals surface area contributed by atoms with Crippen molar-refractivity contribution in [2.75, 3.05) is 47.5 Å². The van der Waals surface area contributed by atoms with Crippen LogP contribution in [0.1, 0.15) is 194 Å². The van der Waals surface area contributed by atoms with Crippen LogP contribution < -0.4 is 4.89 Å². The molecule has 0 spiro atoms. The lowest BCUT2D eigenvalue weighted by molar-refractivity contribution is -0.870. The van der Waals surface area contributed by atoms with E-state index >= 15 is 0 Å². The second-order valence-corrected chi connectivity index (χ2v) is 17.4. The van der Waals surface area contributed by atoms with Crippen molar-refractivity contribution in [3.05, 3.63) is 24.3 Å². The summed E-state index contributed by atoms with van der Waals surface area (Å²) in [6, 6.07) is 0. The number of rotatable bonds is 40. The maximum Gasteiger partial charge on any atom is 0.305 e. The van der Waals surface area contributed by atoms with Crippen LogP contribution >= 0.6 is 7.82 Å². The average Bonchev–Trinajstić information content (AvgIpc) is 3.12. The summed E-state index contributed by atoms with van der Waals surface area (Å²) in [5.74, 6) is -0.847. The monoisotopic (exact) mass is 786 g/mol. The fourth-order valence-electron chi connectivity index (χ4n) is 5.94. The first-order valence-electron chi connectivity index (χ1n) is 22.0. The van der Waals surface area contributed by atoms with Crippen molar-refractivity contribution in [2.24, 2.45) is 0 Å². The number of esters is 2. The molecule has 0 aliphatic rings. The van der Waals surface area contributed by atoms with Gasteiger partial charge in [0, 0.05) is 12.8 Å². The number of phosphoric acid groups is 1. The largest absolute Gasteiger partial charge is 0.756 e. The zero-order valence-electron chi connectivity index (χ0n) is 35.7. The minimum Gasteiger partial charge on any atom is -0.756 e. The fraction of sp³-hybridized carbons (Fsp3) is 0.864. The van der Waals surface area contributed by atoms with Gasteiger partial charge in [-0.05, 0) is 64.2 Å². The number of hydrogen-bond donors (Lipinski definition) is 0. The topological polar surface area (TPSA) is 111 Å². The summed E-state index contributed by atoms with van der Waals surface area (Å²) >= 11 is 0. The molecular formula is C44H84NO8P. The molecule has 0 saturated carbocycles. The summed E-state index contributed by atoms with van der Waals surface area (Å²) in [6.45, 7) is 4.22. The lowest BCUT2D eigenvalue weighted by atomic mass is 10.1. The third kappa shape index (κ3) is 40.2. The van der Waals surface area contributed by atoms with Crippen molar-refractivity contribution in [3.63, 3.8) is 0 Å². The Morgan fingerprint density at radius 3 is 1.24 bits per heavy atom. The van der Waals surface area contributed by atoms with Gasteiger partial charge in [-0.1, -0.05) is 141 Å². The van der Waals surface area contributed by atoms with E-state index in [9.17, 15) is 19.0 Å². The summed E-state index contributed by atoms with van der Waals surface area (Å²) in [4.78, 5) is 37.5. The number of carbonyl (C=O) groups is 2. The number of ether oxygens (including phenoxy) is 2.